The maximum Gasteiger partial charge on any atom is 0 e. The van der Waals surface area contributed by atoms with Crippen LogP contribution in [0.15, 0.2) is 121 Å². The fourth-order valence-electron chi connectivity index (χ4n) is 3.45. The summed E-state index contributed by atoms with van der Waals surface area (Å²) in [4.78, 5) is 0. The van der Waals surface area contributed by atoms with E-state index in [9.17, 15) is 0 Å². The Bertz CT molecular complexity index is 814. The van der Waals surface area contributed by atoms with E-state index in [1.807, 2.05) is 0 Å². The summed E-state index contributed by atoms with van der Waals surface area (Å²) in [6.07, 6.45) is 2.41. The molecular formula is C26H26Au2Cl2P2. The standard InChI is InChI=1S/C26H24P2.2Au.2ClH/c1-5-13-23(14-6-1)27(24-15-7-2-8-16-24)21-22-28(25-17-9-3-10-18-25)26-19-11-4-12-20-26;;;;/h1-20H,21-22H2;;;2*1H. The van der Waals surface area contributed by atoms with Crippen molar-refractivity contribution in [2.75, 3.05) is 12.3 Å². The second-order valence-electron chi connectivity index (χ2n) is 6.65. The quantitative estimate of drug-likeness (QED) is 0.156. The van der Waals surface area contributed by atoms with E-state index in [0.29, 0.717) is 0 Å². The molecular weight excluding hydrogens is 839 g/mol. The summed E-state index contributed by atoms with van der Waals surface area (Å²) in [5.74, 6) is 0. The van der Waals surface area contributed by atoms with Crippen molar-refractivity contribution in [1.29, 1.82) is 0 Å². The average Bonchev–Trinajstić information content (AvgIpc) is 2.79. The maximum absolute atomic E-state index is 2.30. The van der Waals surface area contributed by atoms with Crippen molar-refractivity contribution in [3.63, 3.8) is 0 Å². The van der Waals surface area contributed by atoms with Gasteiger partial charge in [-0.2, -0.15) is 0 Å². The van der Waals surface area contributed by atoms with Crippen LogP contribution in [0, 0.1) is 0 Å². The van der Waals surface area contributed by atoms with Crippen LogP contribution >= 0.6 is 40.7 Å². The van der Waals surface area contributed by atoms with Gasteiger partial charge in [0, 0.05) is 44.8 Å². The zero-order chi connectivity index (χ0) is 19.0. The van der Waals surface area contributed by atoms with Crippen LogP contribution in [0.4, 0.5) is 0 Å². The van der Waals surface area contributed by atoms with Gasteiger partial charge in [-0.1, -0.05) is 121 Å². The van der Waals surface area contributed by atoms with Crippen molar-refractivity contribution in [3.8, 4) is 0 Å². The van der Waals surface area contributed by atoms with Crippen LogP contribution in [0.3, 0.4) is 0 Å². The summed E-state index contributed by atoms with van der Waals surface area (Å²) in [6.45, 7) is 0. The van der Waals surface area contributed by atoms with Crippen LogP contribution < -0.4 is 21.2 Å². The van der Waals surface area contributed by atoms with Crippen molar-refractivity contribution in [3.05, 3.63) is 121 Å². The molecule has 0 N–H and O–H groups in total. The van der Waals surface area contributed by atoms with E-state index in [-0.39, 0.29) is 85.4 Å². The van der Waals surface area contributed by atoms with E-state index < -0.39 is 0 Å². The molecule has 0 aromatic heterocycles. The first-order valence-corrected chi connectivity index (χ1v) is 12.7. The first-order chi connectivity index (χ1) is 13.9. The summed E-state index contributed by atoms with van der Waals surface area (Å²) in [7, 11) is -0.696. The zero-order valence-electron chi connectivity index (χ0n) is 17.3. The van der Waals surface area contributed by atoms with Crippen LogP contribution in [0.25, 0.3) is 0 Å². The third kappa shape index (κ3) is 8.87. The fraction of sp³-hybridized carbons (Fsp3) is 0.0769. The van der Waals surface area contributed by atoms with Gasteiger partial charge in [-0.05, 0) is 49.4 Å². The Morgan fingerprint density at radius 3 is 0.719 bits per heavy atom. The van der Waals surface area contributed by atoms with Gasteiger partial charge in [0.2, 0.25) is 0 Å². The average molecular weight is 865 g/mol. The van der Waals surface area contributed by atoms with E-state index >= 15 is 0 Å². The third-order valence-electron chi connectivity index (χ3n) is 4.82. The molecule has 4 aromatic rings. The molecule has 0 saturated heterocycles. The fourth-order valence-corrected chi connectivity index (χ4v) is 8.80. The largest absolute Gasteiger partial charge is 0.147 e. The van der Waals surface area contributed by atoms with Gasteiger partial charge in [-0.15, -0.1) is 24.8 Å². The third-order valence-corrected chi connectivity index (χ3v) is 10.2. The zero-order valence-corrected chi connectivity index (χ0v) is 25.0. The Kier molecular flexibility index (Phi) is 17.2. The molecule has 0 nitrogen and oxygen atoms in total. The van der Waals surface area contributed by atoms with Gasteiger partial charge in [0.1, 0.15) is 0 Å². The molecule has 4 aromatic carbocycles. The summed E-state index contributed by atoms with van der Waals surface area (Å²) in [5, 5.41) is 5.89. The smallest absolute Gasteiger partial charge is 0 e. The van der Waals surface area contributed by atoms with Gasteiger partial charge >= 0.3 is 0 Å². The number of rotatable bonds is 7. The van der Waals surface area contributed by atoms with Gasteiger partial charge in [0.15, 0.2) is 0 Å². The van der Waals surface area contributed by atoms with Crippen molar-refractivity contribution >= 4 is 61.9 Å². The Morgan fingerprint density at radius 1 is 0.344 bits per heavy atom. The Labute approximate surface area is 238 Å². The number of halogens is 2. The normalized spacial score (nSPS) is 9.69. The minimum Gasteiger partial charge on any atom is -0.147 e. The van der Waals surface area contributed by atoms with Gasteiger partial charge < -0.3 is 0 Å². The first kappa shape index (κ1) is 31.8. The van der Waals surface area contributed by atoms with E-state index in [1.54, 1.807) is 0 Å². The molecule has 0 heterocycles. The second kappa shape index (κ2) is 17.3. The van der Waals surface area contributed by atoms with Gasteiger partial charge in [0.05, 0.1) is 0 Å². The molecule has 2 radical (unpaired) electrons. The molecule has 32 heavy (non-hydrogen) atoms. The molecule has 0 atom stereocenters. The minimum absolute atomic E-state index is 0. The molecule has 0 aliphatic carbocycles. The van der Waals surface area contributed by atoms with E-state index in [4.69, 9.17) is 0 Å². The Hall–Kier alpha value is -0.199. The predicted octanol–water partition coefficient (Wildman–Crippen LogP) is 6.09. The van der Waals surface area contributed by atoms with Crippen molar-refractivity contribution in [2.45, 2.75) is 0 Å². The molecule has 4 rings (SSSR count). The summed E-state index contributed by atoms with van der Waals surface area (Å²) < 4.78 is 0. The van der Waals surface area contributed by atoms with Crippen molar-refractivity contribution in [2.24, 2.45) is 0 Å². The van der Waals surface area contributed by atoms with E-state index in [0.717, 1.165) is 0 Å². The van der Waals surface area contributed by atoms with Crippen molar-refractivity contribution < 1.29 is 44.8 Å². The molecule has 0 bridgehead atoms. The molecule has 0 fully saturated rings. The number of hydrogen-bond donors (Lipinski definition) is 0. The number of benzene rings is 4. The predicted molar refractivity (Wildman–Crippen MR) is 142 cm³/mol. The van der Waals surface area contributed by atoms with Crippen molar-refractivity contribution in [1.82, 2.24) is 0 Å². The van der Waals surface area contributed by atoms with E-state index in [2.05, 4.69) is 121 Å². The SMILES string of the molecule is Cl.Cl.[Au].[Au].c1ccc(P(CCP(c2ccccc2)c2ccccc2)c2ccccc2)cc1. The van der Waals surface area contributed by atoms with Gasteiger partial charge in [-0.25, -0.2) is 0 Å². The summed E-state index contributed by atoms with van der Waals surface area (Å²) in [5.41, 5.74) is 0. The maximum atomic E-state index is 2.30. The molecule has 6 heteroatoms. The summed E-state index contributed by atoms with van der Waals surface area (Å²) >= 11 is 0. The van der Waals surface area contributed by atoms with Crippen LogP contribution in [0.2, 0.25) is 0 Å². The van der Waals surface area contributed by atoms with Gasteiger partial charge in [-0.3, -0.25) is 0 Å². The monoisotopic (exact) mass is 864 g/mol. The number of hydrogen-bond acceptors (Lipinski definition) is 0. The molecule has 0 saturated carbocycles. The molecule has 0 amide bonds. The molecule has 0 aliphatic rings. The molecule has 0 spiro atoms. The second-order valence-corrected chi connectivity index (χ2v) is 11.3. The molecule has 0 aliphatic heterocycles. The minimum atomic E-state index is -0.348. The van der Waals surface area contributed by atoms with Crippen LogP contribution in [-0.4, -0.2) is 12.3 Å². The van der Waals surface area contributed by atoms with E-state index in [1.165, 1.54) is 33.5 Å². The molecule has 176 valence electrons. The van der Waals surface area contributed by atoms with Crippen LogP contribution in [0.5, 0.6) is 0 Å². The Balaban J connectivity index is 0.00000240. The molecule has 0 unspecified atom stereocenters. The van der Waals surface area contributed by atoms with Gasteiger partial charge in [0.25, 0.3) is 0 Å². The summed E-state index contributed by atoms with van der Waals surface area (Å²) in [6, 6.07) is 44.2. The van der Waals surface area contributed by atoms with Crippen LogP contribution in [0.1, 0.15) is 0 Å². The topological polar surface area (TPSA) is 0 Å². The first-order valence-electron chi connectivity index (χ1n) is 9.67. The Morgan fingerprint density at radius 2 is 0.531 bits per heavy atom. The van der Waals surface area contributed by atoms with Crippen LogP contribution in [-0.2, 0) is 44.8 Å².